The first-order valence-corrected chi connectivity index (χ1v) is 15.8. The van der Waals surface area contributed by atoms with Crippen LogP contribution < -0.4 is 15.5 Å². The zero-order valence-electron chi connectivity index (χ0n) is 25.0. The van der Waals surface area contributed by atoms with E-state index in [0.29, 0.717) is 23.5 Å². The van der Waals surface area contributed by atoms with Gasteiger partial charge in [-0.05, 0) is 43.9 Å². The zero-order chi connectivity index (χ0) is 28.6. The average Bonchev–Trinajstić information content (AvgIpc) is 3.65. The van der Waals surface area contributed by atoms with Crippen molar-refractivity contribution in [2.75, 3.05) is 76.7 Å². The van der Waals surface area contributed by atoms with E-state index in [0.717, 1.165) is 67.8 Å². The van der Waals surface area contributed by atoms with Gasteiger partial charge in [-0.25, -0.2) is 9.97 Å². The lowest BCUT2D eigenvalue weighted by atomic mass is 9.99. The molecule has 3 aliphatic heterocycles. The number of nitrogens with one attached hydrogen (secondary N) is 2. The number of carbonyl (C=O) groups is 1. The smallest absolute Gasteiger partial charge is 0.270 e. The van der Waals surface area contributed by atoms with Crippen LogP contribution in [0.3, 0.4) is 0 Å². The fraction of sp³-hybridized carbons (Fsp3) is 0.613. The fourth-order valence-corrected chi connectivity index (χ4v) is 7.25. The molecule has 0 atom stereocenters. The number of piperazine rings is 1. The van der Waals surface area contributed by atoms with Crippen LogP contribution in [0, 0.1) is 0 Å². The number of hydrogen-bond donors (Lipinski definition) is 2. The summed E-state index contributed by atoms with van der Waals surface area (Å²) in [5.74, 6) is 1.21. The Balaban J connectivity index is 0.985. The third kappa shape index (κ3) is 5.45. The van der Waals surface area contributed by atoms with E-state index < -0.39 is 0 Å². The van der Waals surface area contributed by atoms with E-state index in [2.05, 4.69) is 41.0 Å². The molecule has 1 aliphatic carbocycles. The van der Waals surface area contributed by atoms with Crippen molar-refractivity contribution in [1.82, 2.24) is 39.5 Å². The molecule has 0 aromatic carbocycles. The standard InChI is InChI=1S/C31H44N10O/c1-37(2)30(42)27-17-22-18-34-31(36-29(22)41(27)24-5-3-4-6-24)35-28-8-7-25(21-33-28)40-15-13-39(14-16-40)23-9-11-38(12-10-23)26-19-32-20-26/h7-8,17-18,21,23-24,26,32H,3-6,9-16,19-20H2,1-2H3,(H,33,34,35,36). The Kier molecular flexibility index (Phi) is 7.72. The number of aromatic nitrogens is 4. The predicted molar refractivity (Wildman–Crippen MR) is 166 cm³/mol. The summed E-state index contributed by atoms with van der Waals surface area (Å²) in [6, 6.07) is 7.88. The lowest BCUT2D eigenvalue weighted by molar-refractivity contribution is 0.0630. The van der Waals surface area contributed by atoms with Crippen LogP contribution in [0.2, 0.25) is 0 Å². The number of carbonyl (C=O) groups excluding carboxylic acids is 1. The Morgan fingerprint density at radius 3 is 2.26 bits per heavy atom. The van der Waals surface area contributed by atoms with Gasteiger partial charge in [0, 0.05) is 96.2 Å². The maximum absolute atomic E-state index is 13.0. The van der Waals surface area contributed by atoms with Crippen molar-refractivity contribution in [1.29, 1.82) is 0 Å². The van der Waals surface area contributed by atoms with Crippen molar-refractivity contribution < 1.29 is 4.79 Å². The van der Waals surface area contributed by atoms with Crippen LogP contribution >= 0.6 is 0 Å². The number of nitrogens with zero attached hydrogens (tertiary/aromatic N) is 8. The minimum atomic E-state index is -0.000370. The third-order valence-corrected chi connectivity index (χ3v) is 9.85. The highest BCUT2D eigenvalue weighted by Gasteiger charge is 2.32. The molecule has 11 heteroatoms. The Labute approximate surface area is 248 Å². The van der Waals surface area contributed by atoms with Gasteiger partial charge in [-0.1, -0.05) is 12.8 Å². The van der Waals surface area contributed by atoms with Crippen LogP contribution in [0.25, 0.3) is 11.0 Å². The molecule has 0 spiro atoms. The summed E-state index contributed by atoms with van der Waals surface area (Å²) in [5, 5.41) is 7.60. The summed E-state index contributed by atoms with van der Waals surface area (Å²) in [5.41, 5.74) is 2.66. The van der Waals surface area contributed by atoms with Gasteiger partial charge in [-0.2, -0.15) is 4.98 Å². The summed E-state index contributed by atoms with van der Waals surface area (Å²) in [4.78, 5) is 36.6. The average molecular weight is 573 g/mol. The highest BCUT2D eigenvalue weighted by atomic mass is 16.2. The van der Waals surface area contributed by atoms with Crippen LogP contribution in [0.1, 0.15) is 55.1 Å². The van der Waals surface area contributed by atoms with Crippen LogP contribution in [0.4, 0.5) is 17.5 Å². The number of amides is 1. The minimum absolute atomic E-state index is 0.000370. The lowest BCUT2D eigenvalue weighted by Gasteiger charge is -2.46. The topological polar surface area (TPSA) is 97.7 Å². The van der Waals surface area contributed by atoms with Crippen LogP contribution in [0.15, 0.2) is 30.6 Å². The van der Waals surface area contributed by atoms with Crippen molar-refractivity contribution in [3.05, 3.63) is 36.3 Å². The molecule has 0 unspecified atom stereocenters. The van der Waals surface area contributed by atoms with Crippen LogP contribution in [-0.2, 0) is 0 Å². The summed E-state index contributed by atoms with van der Waals surface area (Å²) >= 11 is 0. The maximum atomic E-state index is 13.0. The zero-order valence-corrected chi connectivity index (χ0v) is 25.0. The van der Waals surface area contributed by atoms with E-state index in [1.807, 2.05) is 24.5 Å². The van der Waals surface area contributed by atoms with Gasteiger partial charge in [0.05, 0.1) is 11.9 Å². The van der Waals surface area contributed by atoms with Crippen molar-refractivity contribution in [3.63, 3.8) is 0 Å². The van der Waals surface area contributed by atoms with Gasteiger partial charge in [0.1, 0.15) is 17.2 Å². The molecule has 2 N–H and O–H groups in total. The van der Waals surface area contributed by atoms with Crippen LogP contribution in [-0.4, -0.2) is 119 Å². The largest absolute Gasteiger partial charge is 0.368 e. The lowest BCUT2D eigenvalue weighted by Crippen LogP contribution is -2.60. The quantitative estimate of drug-likeness (QED) is 0.443. The number of likely N-dealkylation sites (tertiary alicyclic amines) is 1. The molecular formula is C31H44N10O. The second kappa shape index (κ2) is 11.8. The highest BCUT2D eigenvalue weighted by molar-refractivity contribution is 5.97. The molecule has 4 fully saturated rings. The van der Waals surface area contributed by atoms with Gasteiger partial charge >= 0.3 is 0 Å². The molecule has 4 aliphatic rings. The van der Waals surface area contributed by atoms with E-state index in [4.69, 9.17) is 9.97 Å². The Morgan fingerprint density at radius 2 is 1.62 bits per heavy atom. The number of anilines is 3. The van der Waals surface area contributed by atoms with Gasteiger partial charge in [0.15, 0.2) is 0 Å². The molecule has 1 amide bonds. The summed E-state index contributed by atoms with van der Waals surface area (Å²) < 4.78 is 2.14. The van der Waals surface area contributed by atoms with Crippen LogP contribution in [0.5, 0.6) is 0 Å². The Hall–Kier alpha value is -3.28. The normalized spacial score (nSPS) is 21.6. The molecule has 1 saturated carbocycles. The SMILES string of the molecule is CN(C)C(=O)c1cc2cnc(Nc3ccc(N4CCN(C5CCN(C6CNC6)CC5)CC4)cn3)nc2n1C1CCCC1. The Bertz CT molecular complexity index is 1380. The highest BCUT2D eigenvalue weighted by Crippen LogP contribution is 2.35. The molecule has 0 radical (unpaired) electrons. The van der Waals surface area contributed by atoms with Gasteiger partial charge in [0.2, 0.25) is 5.95 Å². The molecular weight excluding hydrogens is 528 g/mol. The number of fused-ring (bicyclic) bond motifs is 1. The summed E-state index contributed by atoms with van der Waals surface area (Å²) in [6.45, 7) is 9.12. The first-order valence-electron chi connectivity index (χ1n) is 15.8. The number of pyridine rings is 1. The molecule has 42 heavy (non-hydrogen) atoms. The molecule has 6 heterocycles. The predicted octanol–water partition coefficient (Wildman–Crippen LogP) is 2.95. The van der Waals surface area contributed by atoms with Crippen molar-refractivity contribution in [2.45, 2.75) is 56.7 Å². The second-order valence-corrected chi connectivity index (χ2v) is 12.6. The van der Waals surface area contributed by atoms with E-state index >= 15 is 0 Å². The molecule has 3 saturated heterocycles. The van der Waals surface area contributed by atoms with Gasteiger partial charge in [-0.3, -0.25) is 14.6 Å². The summed E-state index contributed by atoms with van der Waals surface area (Å²) in [6.07, 6.45) is 10.9. The van der Waals surface area contributed by atoms with E-state index in [1.165, 1.54) is 51.9 Å². The molecule has 3 aromatic rings. The van der Waals surface area contributed by atoms with E-state index in [-0.39, 0.29) is 5.91 Å². The van der Waals surface area contributed by atoms with Crippen molar-refractivity contribution >= 4 is 34.4 Å². The minimum Gasteiger partial charge on any atom is -0.368 e. The molecule has 0 bridgehead atoms. The Morgan fingerprint density at radius 1 is 0.881 bits per heavy atom. The number of hydrogen-bond acceptors (Lipinski definition) is 9. The van der Waals surface area contributed by atoms with E-state index in [1.54, 1.807) is 19.0 Å². The number of rotatable bonds is 7. The summed E-state index contributed by atoms with van der Waals surface area (Å²) in [7, 11) is 3.59. The molecule has 224 valence electrons. The first-order chi connectivity index (χ1) is 20.5. The third-order valence-electron chi connectivity index (χ3n) is 9.85. The second-order valence-electron chi connectivity index (χ2n) is 12.6. The van der Waals surface area contributed by atoms with E-state index in [9.17, 15) is 4.79 Å². The molecule has 7 rings (SSSR count). The van der Waals surface area contributed by atoms with Gasteiger partial charge in [-0.15, -0.1) is 0 Å². The molecule has 11 nitrogen and oxygen atoms in total. The fourth-order valence-electron chi connectivity index (χ4n) is 7.25. The first kappa shape index (κ1) is 27.5. The number of piperidine rings is 1. The molecule has 3 aromatic heterocycles. The van der Waals surface area contributed by atoms with Crippen molar-refractivity contribution in [3.8, 4) is 0 Å². The maximum Gasteiger partial charge on any atom is 0.270 e. The van der Waals surface area contributed by atoms with Gasteiger partial charge in [0.25, 0.3) is 5.91 Å². The van der Waals surface area contributed by atoms with Crippen molar-refractivity contribution in [2.24, 2.45) is 0 Å². The van der Waals surface area contributed by atoms with Gasteiger partial charge < -0.3 is 25.0 Å². The monoisotopic (exact) mass is 572 g/mol.